The molecule has 1 fully saturated rings. The summed E-state index contributed by atoms with van der Waals surface area (Å²) in [4.78, 5) is 11.6. The molecule has 100 valence electrons. The molecule has 0 aromatic rings. The molecule has 1 saturated carbocycles. The van der Waals surface area contributed by atoms with Crippen LogP contribution in [0, 0.1) is 17.8 Å². The molecule has 0 radical (unpaired) electrons. The van der Waals surface area contributed by atoms with Crippen LogP contribution < -0.4 is 0 Å². The Morgan fingerprint density at radius 2 is 2.06 bits per heavy atom. The Labute approximate surface area is 121 Å². The van der Waals surface area contributed by atoms with Gasteiger partial charge in [0, 0.05) is 5.33 Å². The van der Waals surface area contributed by atoms with E-state index >= 15 is 0 Å². The summed E-state index contributed by atoms with van der Waals surface area (Å²) in [5, 5.41) is 0.598. The number of rotatable bonds is 4. The zero-order valence-electron chi connectivity index (χ0n) is 10.8. The lowest BCUT2D eigenvalue weighted by Gasteiger charge is -2.37. The number of carbonyl (C=O) groups excluding carboxylic acids is 1. The average molecular weight is 370 g/mol. The van der Waals surface area contributed by atoms with E-state index in [1.165, 1.54) is 12.8 Å². The molecule has 0 bridgehead atoms. The molecular weight excluding hydrogens is 348 g/mol. The minimum Gasteiger partial charge on any atom is -0.461 e. The maximum absolute atomic E-state index is 11.8. The van der Waals surface area contributed by atoms with Crippen LogP contribution in [0.3, 0.4) is 0 Å². The van der Waals surface area contributed by atoms with Crippen molar-refractivity contribution in [3.8, 4) is 0 Å². The molecule has 0 aliphatic heterocycles. The zero-order chi connectivity index (χ0) is 13.0. The van der Waals surface area contributed by atoms with E-state index in [4.69, 9.17) is 4.74 Å². The summed E-state index contributed by atoms with van der Waals surface area (Å²) >= 11 is 6.61. The maximum Gasteiger partial charge on any atom is 0.320 e. The summed E-state index contributed by atoms with van der Waals surface area (Å²) < 4.78 is 5.67. The summed E-state index contributed by atoms with van der Waals surface area (Å²) in [6.07, 6.45) is 3.55. The van der Waals surface area contributed by atoms with Crippen molar-refractivity contribution < 1.29 is 9.53 Å². The van der Waals surface area contributed by atoms with Gasteiger partial charge < -0.3 is 4.74 Å². The lowest BCUT2D eigenvalue weighted by molar-refractivity contribution is -0.154. The van der Waals surface area contributed by atoms with E-state index in [2.05, 4.69) is 52.6 Å². The van der Waals surface area contributed by atoms with Crippen LogP contribution in [0.15, 0.2) is 0 Å². The van der Waals surface area contributed by atoms with Crippen LogP contribution in [0.25, 0.3) is 0 Å². The number of hydrogen-bond acceptors (Lipinski definition) is 2. The van der Waals surface area contributed by atoms with E-state index in [0.717, 1.165) is 6.42 Å². The first-order chi connectivity index (χ1) is 7.95. The Balaban J connectivity index is 2.60. The van der Waals surface area contributed by atoms with Crippen molar-refractivity contribution in [1.29, 1.82) is 0 Å². The van der Waals surface area contributed by atoms with Crippen LogP contribution in [0.1, 0.15) is 40.0 Å². The minimum absolute atomic E-state index is 0.102. The van der Waals surface area contributed by atoms with Gasteiger partial charge in [-0.2, -0.15) is 0 Å². The van der Waals surface area contributed by atoms with Gasteiger partial charge in [0.1, 0.15) is 10.9 Å². The van der Waals surface area contributed by atoms with Gasteiger partial charge in [-0.25, -0.2) is 0 Å². The Bertz CT molecular complexity index is 256. The number of ether oxygens (including phenoxy) is 1. The molecular formula is C13H22Br2O2. The third-order valence-corrected chi connectivity index (χ3v) is 5.83. The molecule has 2 nitrogen and oxygen atoms in total. The van der Waals surface area contributed by atoms with E-state index in [1.807, 2.05) is 0 Å². The molecule has 0 aromatic carbocycles. The SMILES string of the molecule is CC(C)[C@@H]1CC[C@@H](C)CC1OC(=O)C(Br)CBr. The van der Waals surface area contributed by atoms with Crippen LogP contribution in [0.4, 0.5) is 0 Å². The van der Waals surface area contributed by atoms with Crippen molar-refractivity contribution in [2.45, 2.75) is 51.0 Å². The maximum atomic E-state index is 11.8. The first kappa shape index (κ1) is 15.5. The first-order valence-electron chi connectivity index (χ1n) is 6.36. The first-order valence-corrected chi connectivity index (χ1v) is 8.40. The van der Waals surface area contributed by atoms with Crippen molar-refractivity contribution in [3.05, 3.63) is 0 Å². The molecule has 0 heterocycles. The smallest absolute Gasteiger partial charge is 0.320 e. The third kappa shape index (κ3) is 4.55. The molecule has 4 atom stereocenters. The Morgan fingerprint density at radius 1 is 1.41 bits per heavy atom. The van der Waals surface area contributed by atoms with Crippen LogP contribution in [-0.2, 0) is 9.53 Å². The monoisotopic (exact) mass is 368 g/mol. The highest BCUT2D eigenvalue weighted by atomic mass is 79.9. The second kappa shape index (κ2) is 7.13. The number of carbonyl (C=O) groups is 1. The fraction of sp³-hybridized carbons (Fsp3) is 0.923. The van der Waals surface area contributed by atoms with Gasteiger partial charge in [0.05, 0.1) is 0 Å². The summed E-state index contributed by atoms with van der Waals surface area (Å²) in [6.45, 7) is 6.68. The quantitative estimate of drug-likeness (QED) is 0.549. The summed E-state index contributed by atoms with van der Waals surface area (Å²) in [5.74, 6) is 1.63. The van der Waals surface area contributed by atoms with Gasteiger partial charge in [0.15, 0.2) is 0 Å². The highest BCUT2D eigenvalue weighted by Gasteiger charge is 2.34. The predicted molar refractivity (Wildman–Crippen MR) is 77.7 cm³/mol. The highest BCUT2D eigenvalue weighted by Crippen LogP contribution is 2.35. The van der Waals surface area contributed by atoms with Gasteiger partial charge in [0.2, 0.25) is 0 Å². The predicted octanol–water partition coefficient (Wildman–Crippen LogP) is 4.15. The number of hydrogen-bond donors (Lipinski definition) is 0. The Morgan fingerprint density at radius 3 is 2.59 bits per heavy atom. The summed E-state index contributed by atoms with van der Waals surface area (Å²) in [6, 6.07) is 0. The van der Waals surface area contributed by atoms with Gasteiger partial charge >= 0.3 is 5.97 Å². The van der Waals surface area contributed by atoms with Gasteiger partial charge in [-0.15, -0.1) is 0 Å². The highest BCUT2D eigenvalue weighted by molar-refractivity contribution is 9.12. The molecule has 4 heteroatoms. The van der Waals surface area contributed by atoms with E-state index in [9.17, 15) is 4.79 Å². The molecule has 0 saturated heterocycles. The van der Waals surface area contributed by atoms with E-state index < -0.39 is 0 Å². The molecule has 2 unspecified atom stereocenters. The van der Waals surface area contributed by atoms with Crippen molar-refractivity contribution >= 4 is 37.8 Å². The van der Waals surface area contributed by atoms with Gasteiger partial charge in [0.25, 0.3) is 0 Å². The molecule has 1 rings (SSSR count). The van der Waals surface area contributed by atoms with E-state index in [-0.39, 0.29) is 16.9 Å². The lowest BCUT2D eigenvalue weighted by atomic mass is 9.75. The van der Waals surface area contributed by atoms with Crippen LogP contribution in [0.2, 0.25) is 0 Å². The number of alkyl halides is 2. The van der Waals surface area contributed by atoms with Crippen LogP contribution >= 0.6 is 31.9 Å². The molecule has 0 aromatic heterocycles. The molecule has 17 heavy (non-hydrogen) atoms. The molecule has 0 amide bonds. The normalized spacial score (nSPS) is 31.3. The average Bonchev–Trinajstić information content (AvgIpc) is 2.27. The molecule has 1 aliphatic carbocycles. The number of esters is 1. The molecule has 1 aliphatic rings. The topological polar surface area (TPSA) is 26.3 Å². The van der Waals surface area contributed by atoms with Gasteiger partial charge in [-0.1, -0.05) is 59.1 Å². The largest absolute Gasteiger partial charge is 0.461 e. The van der Waals surface area contributed by atoms with Crippen molar-refractivity contribution in [1.82, 2.24) is 0 Å². The van der Waals surface area contributed by atoms with Gasteiger partial charge in [-0.05, 0) is 30.6 Å². The lowest BCUT2D eigenvalue weighted by Crippen LogP contribution is -2.37. The van der Waals surface area contributed by atoms with Crippen molar-refractivity contribution in [3.63, 3.8) is 0 Å². The fourth-order valence-electron chi connectivity index (χ4n) is 2.54. The second-order valence-corrected chi connectivity index (χ2v) is 7.18. The summed E-state index contributed by atoms with van der Waals surface area (Å²) in [5.41, 5.74) is 0. The van der Waals surface area contributed by atoms with Crippen molar-refractivity contribution in [2.24, 2.45) is 17.8 Å². The van der Waals surface area contributed by atoms with Gasteiger partial charge in [-0.3, -0.25) is 4.79 Å². The van der Waals surface area contributed by atoms with E-state index in [0.29, 0.717) is 23.1 Å². The Kier molecular flexibility index (Phi) is 6.49. The standard InChI is InChI=1S/C13H22Br2O2/c1-8(2)10-5-4-9(3)6-12(10)17-13(16)11(15)7-14/h8-12H,4-7H2,1-3H3/t9-,10+,11?,12?/m1/s1. The Hall–Kier alpha value is 0.430. The minimum atomic E-state index is -0.229. The molecule has 0 spiro atoms. The van der Waals surface area contributed by atoms with E-state index in [1.54, 1.807) is 0 Å². The fourth-order valence-corrected chi connectivity index (χ4v) is 2.91. The van der Waals surface area contributed by atoms with Crippen molar-refractivity contribution in [2.75, 3.05) is 5.33 Å². The molecule has 0 N–H and O–H groups in total. The van der Waals surface area contributed by atoms with Crippen LogP contribution in [-0.4, -0.2) is 22.2 Å². The summed E-state index contributed by atoms with van der Waals surface area (Å²) in [7, 11) is 0. The van der Waals surface area contributed by atoms with Crippen LogP contribution in [0.5, 0.6) is 0 Å². The third-order valence-electron chi connectivity index (χ3n) is 3.62. The number of halogens is 2. The zero-order valence-corrected chi connectivity index (χ0v) is 14.0. The second-order valence-electron chi connectivity index (χ2n) is 5.42.